The van der Waals surface area contributed by atoms with Gasteiger partial charge in [-0.05, 0) is 31.2 Å². The van der Waals surface area contributed by atoms with Crippen molar-refractivity contribution in [1.82, 2.24) is 4.57 Å². The Hall–Kier alpha value is -2.86. The van der Waals surface area contributed by atoms with Crippen molar-refractivity contribution < 1.29 is 14.0 Å². The van der Waals surface area contributed by atoms with Crippen molar-refractivity contribution in [3.63, 3.8) is 0 Å². The molecule has 1 aromatic heterocycles. The summed E-state index contributed by atoms with van der Waals surface area (Å²) >= 11 is 1.24. The van der Waals surface area contributed by atoms with E-state index in [1.807, 2.05) is 0 Å². The van der Waals surface area contributed by atoms with Crippen LogP contribution in [0.3, 0.4) is 0 Å². The summed E-state index contributed by atoms with van der Waals surface area (Å²) in [6.45, 7) is 5.49. The molecule has 0 atom stereocenters. The van der Waals surface area contributed by atoms with Crippen molar-refractivity contribution >= 4 is 33.2 Å². The first-order chi connectivity index (χ1) is 12.0. The third-order valence-electron chi connectivity index (χ3n) is 3.70. The van der Waals surface area contributed by atoms with Gasteiger partial charge in [0.15, 0.2) is 10.6 Å². The molecule has 1 amide bonds. The van der Waals surface area contributed by atoms with Crippen LogP contribution in [0, 0.1) is 5.82 Å². The summed E-state index contributed by atoms with van der Waals surface area (Å²) in [6, 6.07) is 11.1. The summed E-state index contributed by atoms with van der Waals surface area (Å²) in [4.78, 5) is 28.3. The second-order valence-corrected chi connectivity index (χ2v) is 6.43. The molecular weight excluding hydrogens is 339 g/mol. The predicted molar refractivity (Wildman–Crippen MR) is 96.3 cm³/mol. The lowest BCUT2D eigenvalue weighted by Crippen LogP contribution is -2.16. The Morgan fingerprint density at radius 1 is 1.20 bits per heavy atom. The molecular formula is C19H15FN2O2S. The number of halogens is 1. The van der Waals surface area contributed by atoms with Gasteiger partial charge in [0.05, 0.1) is 10.2 Å². The summed E-state index contributed by atoms with van der Waals surface area (Å²) in [7, 11) is 0. The van der Waals surface area contributed by atoms with Gasteiger partial charge in [-0.3, -0.25) is 9.59 Å². The van der Waals surface area contributed by atoms with Crippen LogP contribution in [0.15, 0.2) is 60.1 Å². The SMILES string of the molecule is C=CCn1c(=NC(=O)c2ccc(C(C)=O)cc2)sc2cccc(F)c21. The van der Waals surface area contributed by atoms with E-state index in [4.69, 9.17) is 0 Å². The number of ketones is 1. The van der Waals surface area contributed by atoms with Crippen LogP contribution in [0.4, 0.5) is 4.39 Å². The monoisotopic (exact) mass is 354 g/mol. The Kier molecular flexibility index (Phi) is 4.72. The molecule has 126 valence electrons. The highest BCUT2D eigenvalue weighted by Gasteiger charge is 2.12. The van der Waals surface area contributed by atoms with E-state index in [0.717, 1.165) is 0 Å². The highest BCUT2D eigenvalue weighted by molar-refractivity contribution is 7.16. The summed E-state index contributed by atoms with van der Waals surface area (Å²) in [5, 5.41) is 0. The van der Waals surface area contributed by atoms with E-state index < -0.39 is 5.91 Å². The normalized spacial score (nSPS) is 11.7. The second kappa shape index (κ2) is 6.94. The van der Waals surface area contributed by atoms with Gasteiger partial charge in [0.1, 0.15) is 5.82 Å². The minimum Gasteiger partial charge on any atom is -0.310 e. The van der Waals surface area contributed by atoms with Crippen LogP contribution in [-0.4, -0.2) is 16.3 Å². The summed E-state index contributed by atoms with van der Waals surface area (Å²) in [5.74, 6) is -0.880. The van der Waals surface area contributed by atoms with Crippen LogP contribution < -0.4 is 4.80 Å². The van der Waals surface area contributed by atoms with Gasteiger partial charge < -0.3 is 4.57 Å². The fourth-order valence-electron chi connectivity index (χ4n) is 2.47. The molecule has 3 rings (SSSR count). The molecule has 0 fully saturated rings. The smallest absolute Gasteiger partial charge is 0.279 e. The number of thiazole rings is 1. The van der Waals surface area contributed by atoms with Gasteiger partial charge in [-0.25, -0.2) is 4.39 Å². The molecule has 6 heteroatoms. The Balaban J connectivity index is 2.09. The van der Waals surface area contributed by atoms with Gasteiger partial charge in [0.2, 0.25) is 0 Å². The molecule has 25 heavy (non-hydrogen) atoms. The van der Waals surface area contributed by atoms with E-state index in [1.54, 1.807) is 47.0 Å². The molecule has 2 aromatic carbocycles. The first-order valence-electron chi connectivity index (χ1n) is 7.60. The molecule has 1 heterocycles. The lowest BCUT2D eigenvalue weighted by atomic mass is 10.1. The fourth-order valence-corrected chi connectivity index (χ4v) is 3.52. The third-order valence-corrected chi connectivity index (χ3v) is 4.74. The number of carbonyl (C=O) groups is 2. The number of hydrogen-bond acceptors (Lipinski definition) is 3. The first kappa shape index (κ1) is 17.0. The molecule has 0 spiro atoms. The van der Waals surface area contributed by atoms with E-state index >= 15 is 0 Å². The number of nitrogens with zero attached hydrogens (tertiary/aromatic N) is 2. The Bertz CT molecular complexity index is 1050. The van der Waals surface area contributed by atoms with Crippen molar-refractivity contribution in [2.24, 2.45) is 4.99 Å². The van der Waals surface area contributed by atoms with Crippen LogP contribution in [0.2, 0.25) is 0 Å². The summed E-state index contributed by atoms with van der Waals surface area (Å²) in [6.07, 6.45) is 1.63. The van der Waals surface area contributed by atoms with Gasteiger partial charge >= 0.3 is 0 Å². The van der Waals surface area contributed by atoms with Gasteiger partial charge in [0, 0.05) is 17.7 Å². The minimum atomic E-state index is -0.445. The number of Topliss-reactive ketones (excluding diaryl/α,β-unsaturated/α-hetero) is 1. The van der Waals surface area contributed by atoms with Crippen LogP contribution in [0.25, 0.3) is 10.2 Å². The van der Waals surface area contributed by atoms with Crippen molar-refractivity contribution in [1.29, 1.82) is 0 Å². The number of amides is 1. The zero-order chi connectivity index (χ0) is 18.0. The highest BCUT2D eigenvalue weighted by Crippen LogP contribution is 2.20. The average molecular weight is 354 g/mol. The highest BCUT2D eigenvalue weighted by atomic mass is 32.1. The van der Waals surface area contributed by atoms with Crippen LogP contribution in [0.5, 0.6) is 0 Å². The largest absolute Gasteiger partial charge is 0.310 e. The van der Waals surface area contributed by atoms with Crippen LogP contribution in [0.1, 0.15) is 27.6 Å². The standard InChI is InChI=1S/C19H15FN2O2S/c1-3-11-22-17-15(20)5-4-6-16(17)25-19(22)21-18(24)14-9-7-13(8-10-14)12(2)23/h3-10H,1,11H2,2H3. The van der Waals surface area contributed by atoms with Crippen molar-refractivity contribution in [2.75, 3.05) is 0 Å². The van der Waals surface area contributed by atoms with Crippen LogP contribution >= 0.6 is 11.3 Å². The zero-order valence-electron chi connectivity index (χ0n) is 13.5. The number of rotatable bonds is 4. The number of hydrogen-bond donors (Lipinski definition) is 0. The minimum absolute atomic E-state index is 0.0697. The number of para-hydroxylation sites is 1. The van der Waals surface area contributed by atoms with E-state index in [0.29, 0.717) is 32.7 Å². The molecule has 0 unspecified atom stereocenters. The molecule has 3 aromatic rings. The summed E-state index contributed by atoms with van der Waals surface area (Å²) < 4.78 is 16.5. The third kappa shape index (κ3) is 3.34. The molecule has 0 N–H and O–H groups in total. The number of allylic oxidation sites excluding steroid dienone is 1. The Morgan fingerprint density at radius 3 is 2.52 bits per heavy atom. The quantitative estimate of drug-likeness (QED) is 0.526. The first-order valence-corrected chi connectivity index (χ1v) is 8.41. The second-order valence-electron chi connectivity index (χ2n) is 5.42. The molecule has 0 saturated heterocycles. The molecule has 0 aliphatic rings. The Morgan fingerprint density at radius 2 is 1.88 bits per heavy atom. The van der Waals surface area contributed by atoms with E-state index in [-0.39, 0.29) is 11.6 Å². The number of carbonyl (C=O) groups excluding carboxylic acids is 2. The average Bonchev–Trinajstić information content (AvgIpc) is 2.94. The zero-order valence-corrected chi connectivity index (χ0v) is 14.3. The number of aromatic nitrogens is 1. The van der Waals surface area contributed by atoms with E-state index in [2.05, 4.69) is 11.6 Å². The van der Waals surface area contributed by atoms with Gasteiger partial charge in [-0.2, -0.15) is 4.99 Å². The lowest BCUT2D eigenvalue weighted by Gasteiger charge is -2.02. The van der Waals surface area contributed by atoms with E-state index in [1.165, 1.54) is 24.3 Å². The van der Waals surface area contributed by atoms with Crippen molar-refractivity contribution in [2.45, 2.75) is 13.5 Å². The lowest BCUT2D eigenvalue weighted by molar-refractivity contribution is 0.0991. The molecule has 0 aliphatic carbocycles. The summed E-state index contributed by atoms with van der Waals surface area (Å²) in [5.41, 5.74) is 1.31. The predicted octanol–water partition coefficient (Wildman–Crippen LogP) is 3.97. The van der Waals surface area contributed by atoms with Crippen molar-refractivity contribution in [3.8, 4) is 0 Å². The van der Waals surface area contributed by atoms with Gasteiger partial charge in [0.25, 0.3) is 5.91 Å². The van der Waals surface area contributed by atoms with Gasteiger partial charge in [-0.1, -0.05) is 35.6 Å². The molecule has 0 saturated carbocycles. The maximum Gasteiger partial charge on any atom is 0.279 e. The fraction of sp³-hybridized carbons (Fsp3) is 0.105. The maximum absolute atomic E-state index is 14.2. The van der Waals surface area contributed by atoms with Crippen LogP contribution in [-0.2, 0) is 6.54 Å². The van der Waals surface area contributed by atoms with Crippen molar-refractivity contribution in [3.05, 3.63) is 76.9 Å². The topological polar surface area (TPSA) is 51.4 Å². The van der Waals surface area contributed by atoms with E-state index in [9.17, 15) is 14.0 Å². The molecule has 0 aliphatic heterocycles. The number of benzene rings is 2. The Labute approximate surface area is 147 Å². The van der Waals surface area contributed by atoms with Gasteiger partial charge in [-0.15, -0.1) is 6.58 Å². The maximum atomic E-state index is 14.2. The molecule has 0 bridgehead atoms. The molecule has 4 nitrogen and oxygen atoms in total. The molecule has 0 radical (unpaired) electrons. The number of fused-ring (bicyclic) bond motifs is 1.